The highest BCUT2D eigenvalue weighted by Gasteiger charge is 2.09. The molecule has 2 aromatic rings. The summed E-state index contributed by atoms with van der Waals surface area (Å²) in [5.41, 5.74) is 1.51. The number of ether oxygens (including phenoxy) is 1. The van der Waals surface area contributed by atoms with Crippen LogP contribution in [0, 0.1) is 0 Å². The minimum absolute atomic E-state index is 0.197. The molecule has 0 fully saturated rings. The fourth-order valence-electron chi connectivity index (χ4n) is 1.49. The van der Waals surface area contributed by atoms with Gasteiger partial charge in [0.1, 0.15) is 11.5 Å². The molecule has 0 aliphatic heterocycles. The molecule has 3 heteroatoms. The van der Waals surface area contributed by atoms with E-state index in [2.05, 4.69) is 4.98 Å². The fraction of sp³-hybridized carbons (Fsp3) is 0.0833. The van der Waals surface area contributed by atoms with E-state index >= 15 is 0 Å². The van der Waals surface area contributed by atoms with Crippen molar-refractivity contribution in [1.29, 1.82) is 0 Å². The summed E-state index contributed by atoms with van der Waals surface area (Å²) in [6.45, 7) is 0. The van der Waals surface area contributed by atoms with E-state index in [0.717, 1.165) is 5.56 Å². The van der Waals surface area contributed by atoms with Gasteiger partial charge in [0, 0.05) is 18.0 Å². The number of pyridine rings is 1. The predicted molar refractivity (Wildman–Crippen MR) is 57.9 cm³/mol. The van der Waals surface area contributed by atoms with E-state index in [0.29, 0.717) is 11.3 Å². The molecule has 0 saturated heterocycles. The average Bonchev–Trinajstić information content (AvgIpc) is 2.29. The molecule has 1 aromatic carbocycles. The number of nitrogens with zero attached hydrogens (tertiary/aromatic N) is 1. The van der Waals surface area contributed by atoms with Crippen LogP contribution in [-0.4, -0.2) is 17.2 Å². The van der Waals surface area contributed by atoms with Crippen molar-refractivity contribution in [2.45, 2.75) is 0 Å². The van der Waals surface area contributed by atoms with Crippen LogP contribution in [0.15, 0.2) is 42.7 Å². The molecule has 3 nitrogen and oxygen atoms in total. The Labute approximate surface area is 88.0 Å². The van der Waals surface area contributed by atoms with Crippen molar-refractivity contribution in [3.63, 3.8) is 0 Å². The van der Waals surface area contributed by atoms with Gasteiger partial charge in [-0.05, 0) is 18.2 Å². The summed E-state index contributed by atoms with van der Waals surface area (Å²) in [7, 11) is 1.58. The molecule has 0 unspecified atom stereocenters. The molecular weight excluding hydrogens is 190 g/mol. The summed E-state index contributed by atoms with van der Waals surface area (Å²) in [6.07, 6.45) is 3.38. The van der Waals surface area contributed by atoms with Crippen molar-refractivity contribution >= 4 is 0 Å². The Kier molecular flexibility index (Phi) is 2.54. The van der Waals surface area contributed by atoms with Crippen molar-refractivity contribution in [2.75, 3.05) is 7.11 Å². The number of hydrogen-bond acceptors (Lipinski definition) is 3. The molecule has 2 rings (SSSR count). The molecule has 0 amide bonds. The van der Waals surface area contributed by atoms with Gasteiger partial charge in [-0.3, -0.25) is 4.98 Å². The van der Waals surface area contributed by atoms with Gasteiger partial charge >= 0.3 is 0 Å². The average molecular weight is 201 g/mol. The Morgan fingerprint density at radius 3 is 2.73 bits per heavy atom. The summed E-state index contributed by atoms with van der Waals surface area (Å²) in [6, 6.07) is 8.88. The smallest absolute Gasteiger partial charge is 0.130 e. The number of aromatic nitrogens is 1. The van der Waals surface area contributed by atoms with Gasteiger partial charge in [0.15, 0.2) is 0 Å². The lowest BCUT2D eigenvalue weighted by Gasteiger charge is -2.09. The number of phenolic OH excluding ortho intramolecular Hbond substituents is 1. The lowest BCUT2D eigenvalue weighted by atomic mass is 10.1. The van der Waals surface area contributed by atoms with Crippen molar-refractivity contribution in [3.8, 4) is 22.6 Å². The van der Waals surface area contributed by atoms with E-state index in [1.54, 1.807) is 31.6 Å². The molecular formula is C12H11NO2. The first-order chi connectivity index (χ1) is 7.33. The Morgan fingerprint density at radius 1 is 1.20 bits per heavy atom. The van der Waals surface area contributed by atoms with E-state index in [1.165, 1.54) is 0 Å². The third-order valence-electron chi connectivity index (χ3n) is 2.17. The molecule has 0 radical (unpaired) electrons. The monoisotopic (exact) mass is 201 g/mol. The lowest BCUT2D eigenvalue weighted by Crippen LogP contribution is -1.88. The lowest BCUT2D eigenvalue weighted by molar-refractivity contribution is 0.410. The second-order valence-electron chi connectivity index (χ2n) is 3.10. The SMILES string of the molecule is COc1cccc(O)c1-c1cccnc1. The molecule has 0 saturated carbocycles. The summed E-state index contributed by atoms with van der Waals surface area (Å²) in [5.74, 6) is 0.838. The highest BCUT2D eigenvalue weighted by molar-refractivity contribution is 5.75. The molecule has 0 aliphatic carbocycles. The Hall–Kier alpha value is -2.03. The van der Waals surface area contributed by atoms with Crippen LogP contribution in [0.2, 0.25) is 0 Å². The Bertz CT molecular complexity index is 454. The molecule has 0 bridgehead atoms. The van der Waals surface area contributed by atoms with Crippen molar-refractivity contribution in [3.05, 3.63) is 42.7 Å². The third-order valence-corrected chi connectivity index (χ3v) is 2.17. The van der Waals surface area contributed by atoms with Crippen molar-refractivity contribution < 1.29 is 9.84 Å². The van der Waals surface area contributed by atoms with E-state index in [1.807, 2.05) is 18.2 Å². The number of methoxy groups -OCH3 is 1. The van der Waals surface area contributed by atoms with Crippen LogP contribution in [0.5, 0.6) is 11.5 Å². The first-order valence-corrected chi connectivity index (χ1v) is 4.59. The largest absolute Gasteiger partial charge is 0.507 e. The van der Waals surface area contributed by atoms with E-state index in [9.17, 15) is 5.11 Å². The van der Waals surface area contributed by atoms with Gasteiger partial charge in [0.05, 0.1) is 12.7 Å². The summed E-state index contributed by atoms with van der Waals surface area (Å²) in [5, 5.41) is 9.77. The molecule has 76 valence electrons. The van der Waals surface area contributed by atoms with Crippen LogP contribution < -0.4 is 4.74 Å². The highest BCUT2D eigenvalue weighted by atomic mass is 16.5. The summed E-state index contributed by atoms with van der Waals surface area (Å²) < 4.78 is 5.19. The Balaban J connectivity index is 2.61. The van der Waals surface area contributed by atoms with Gasteiger partial charge in [-0.25, -0.2) is 0 Å². The first kappa shape index (κ1) is 9.52. The predicted octanol–water partition coefficient (Wildman–Crippen LogP) is 2.46. The minimum Gasteiger partial charge on any atom is -0.507 e. The summed E-state index contributed by atoms with van der Waals surface area (Å²) >= 11 is 0. The van der Waals surface area contributed by atoms with Crippen LogP contribution >= 0.6 is 0 Å². The standard InChI is InChI=1S/C12H11NO2/c1-15-11-6-2-5-10(14)12(11)9-4-3-7-13-8-9/h2-8,14H,1H3. The van der Waals surface area contributed by atoms with Crippen molar-refractivity contribution in [1.82, 2.24) is 4.98 Å². The van der Waals surface area contributed by atoms with Crippen LogP contribution in [-0.2, 0) is 0 Å². The number of phenols is 1. The summed E-state index contributed by atoms with van der Waals surface area (Å²) in [4.78, 5) is 4.01. The second kappa shape index (κ2) is 4.00. The molecule has 0 aliphatic rings. The molecule has 1 heterocycles. The topological polar surface area (TPSA) is 42.4 Å². The van der Waals surface area contributed by atoms with E-state index in [4.69, 9.17) is 4.74 Å². The second-order valence-corrected chi connectivity index (χ2v) is 3.10. The maximum atomic E-state index is 9.77. The molecule has 0 spiro atoms. The van der Waals surface area contributed by atoms with Gasteiger partial charge in [-0.15, -0.1) is 0 Å². The highest BCUT2D eigenvalue weighted by Crippen LogP contribution is 2.36. The van der Waals surface area contributed by atoms with Crippen LogP contribution in [0.25, 0.3) is 11.1 Å². The van der Waals surface area contributed by atoms with Gasteiger partial charge in [0.2, 0.25) is 0 Å². The van der Waals surface area contributed by atoms with Crippen LogP contribution in [0.3, 0.4) is 0 Å². The van der Waals surface area contributed by atoms with Crippen molar-refractivity contribution in [2.24, 2.45) is 0 Å². The first-order valence-electron chi connectivity index (χ1n) is 4.59. The maximum Gasteiger partial charge on any atom is 0.130 e. The van der Waals surface area contributed by atoms with Gasteiger partial charge in [-0.2, -0.15) is 0 Å². The normalized spacial score (nSPS) is 9.93. The number of hydrogen-bond donors (Lipinski definition) is 1. The third kappa shape index (κ3) is 1.76. The molecule has 0 atom stereocenters. The number of benzene rings is 1. The number of rotatable bonds is 2. The van der Waals surface area contributed by atoms with Crippen LogP contribution in [0.4, 0.5) is 0 Å². The van der Waals surface area contributed by atoms with Crippen LogP contribution in [0.1, 0.15) is 0 Å². The Morgan fingerprint density at radius 2 is 2.07 bits per heavy atom. The zero-order valence-electron chi connectivity index (χ0n) is 8.34. The number of aromatic hydroxyl groups is 1. The minimum atomic E-state index is 0.197. The quantitative estimate of drug-likeness (QED) is 0.811. The zero-order valence-corrected chi connectivity index (χ0v) is 8.34. The maximum absolute atomic E-state index is 9.77. The van der Waals surface area contributed by atoms with Gasteiger partial charge in [0.25, 0.3) is 0 Å². The van der Waals surface area contributed by atoms with Gasteiger partial charge in [-0.1, -0.05) is 12.1 Å². The molecule has 1 aromatic heterocycles. The van der Waals surface area contributed by atoms with E-state index < -0.39 is 0 Å². The van der Waals surface area contributed by atoms with E-state index in [-0.39, 0.29) is 5.75 Å². The zero-order chi connectivity index (χ0) is 10.7. The van der Waals surface area contributed by atoms with Gasteiger partial charge < -0.3 is 9.84 Å². The molecule has 15 heavy (non-hydrogen) atoms. The fourth-order valence-corrected chi connectivity index (χ4v) is 1.49. The molecule has 1 N–H and O–H groups in total.